The molecule has 2 aliphatic carbocycles. The Kier molecular flexibility index (Phi) is 9.93. The number of rotatable bonds is 12. The number of aryl methyl sites for hydroxylation is 1. The van der Waals surface area contributed by atoms with Crippen LogP contribution in [0.1, 0.15) is 95.0 Å². The van der Waals surface area contributed by atoms with E-state index in [2.05, 4.69) is 10.6 Å². The summed E-state index contributed by atoms with van der Waals surface area (Å²) in [5.74, 6) is -2.78. The molecule has 216 valence electrons. The SMILES string of the molecule is CC(C)C[C@H](CC(=O)c1cc2ccccc2n1C)C(=O)N[C@@H](C[C@@H]1CCCC1=O)C(=O)C(=O)NC1CCCCC1. The predicted molar refractivity (Wildman–Crippen MR) is 154 cm³/mol. The number of ketones is 3. The zero-order valence-electron chi connectivity index (χ0n) is 24.0. The van der Waals surface area contributed by atoms with Crippen molar-refractivity contribution < 1.29 is 24.0 Å². The van der Waals surface area contributed by atoms with Crippen LogP contribution in [0.3, 0.4) is 0 Å². The number of Topliss-reactive ketones (excluding diaryl/α,β-unsaturated/α-hetero) is 3. The molecule has 40 heavy (non-hydrogen) atoms. The quantitative estimate of drug-likeness (QED) is 0.295. The number of nitrogens with zero attached hydrogens (tertiary/aromatic N) is 1. The van der Waals surface area contributed by atoms with Crippen LogP contribution in [0.15, 0.2) is 30.3 Å². The van der Waals surface area contributed by atoms with E-state index in [1.807, 2.05) is 55.8 Å². The maximum atomic E-state index is 13.6. The molecule has 0 radical (unpaired) electrons. The minimum Gasteiger partial charge on any atom is -0.347 e. The molecular formula is C32H43N3O5. The number of benzene rings is 1. The van der Waals surface area contributed by atoms with Gasteiger partial charge in [-0.25, -0.2) is 0 Å². The van der Waals surface area contributed by atoms with E-state index < -0.39 is 29.6 Å². The van der Waals surface area contributed by atoms with Gasteiger partial charge in [0.25, 0.3) is 5.91 Å². The van der Waals surface area contributed by atoms with Gasteiger partial charge in [-0.15, -0.1) is 0 Å². The molecule has 0 bridgehead atoms. The van der Waals surface area contributed by atoms with Gasteiger partial charge in [0.05, 0.1) is 11.7 Å². The van der Waals surface area contributed by atoms with E-state index in [1.165, 1.54) is 0 Å². The molecule has 4 rings (SSSR count). The lowest BCUT2D eigenvalue weighted by Gasteiger charge is -2.26. The van der Waals surface area contributed by atoms with Crippen molar-refractivity contribution in [2.45, 2.75) is 96.6 Å². The minimum absolute atomic E-state index is 0.00822. The molecule has 2 N–H and O–H groups in total. The van der Waals surface area contributed by atoms with E-state index >= 15 is 0 Å². The Balaban J connectivity index is 1.50. The van der Waals surface area contributed by atoms with Gasteiger partial charge in [-0.3, -0.25) is 24.0 Å². The molecule has 2 saturated carbocycles. The first-order valence-electron chi connectivity index (χ1n) is 14.9. The van der Waals surface area contributed by atoms with Gasteiger partial charge in [0.1, 0.15) is 5.78 Å². The van der Waals surface area contributed by atoms with Crippen LogP contribution in [0.5, 0.6) is 0 Å². The summed E-state index contributed by atoms with van der Waals surface area (Å²) < 4.78 is 1.84. The number of para-hydroxylation sites is 1. The second kappa shape index (κ2) is 13.4. The van der Waals surface area contributed by atoms with Gasteiger partial charge >= 0.3 is 0 Å². The summed E-state index contributed by atoms with van der Waals surface area (Å²) >= 11 is 0. The predicted octanol–water partition coefficient (Wildman–Crippen LogP) is 4.68. The van der Waals surface area contributed by atoms with Crippen molar-refractivity contribution in [3.63, 3.8) is 0 Å². The lowest BCUT2D eigenvalue weighted by molar-refractivity contribution is -0.141. The number of carbonyl (C=O) groups is 5. The zero-order valence-corrected chi connectivity index (χ0v) is 24.0. The minimum atomic E-state index is -1.09. The first kappa shape index (κ1) is 29.7. The fourth-order valence-electron chi connectivity index (χ4n) is 6.34. The van der Waals surface area contributed by atoms with Crippen LogP contribution in [0.2, 0.25) is 0 Å². The van der Waals surface area contributed by atoms with E-state index in [1.54, 1.807) is 0 Å². The van der Waals surface area contributed by atoms with Gasteiger partial charge in [0, 0.05) is 48.7 Å². The number of carbonyl (C=O) groups excluding carboxylic acids is 5. The number of hydrogen-bond acceptors (Lipinski definition) is 5. The average Bonchev–Trinajstić information content (AvgIpc) is 3.50. The summed E-state index contributed by atoms with van der Waals surface area (Å²) in [5.41, 5.74) is 1.46. The number of amides is 2. The zero-order chi connectivity index (χ0) is 28.8. The molecule has 0 saturated heterocycles. The molecule has 0 aliphatic heterocycles. The number of hydrogen-bond donors (Lipinski definition) is 2. The van der Waals surface area contributed by atoms with Gasteiger partial charge in [-0.05, 0) is 56.6 Å². The summed E-state index contributed by atoms with van der Waals surface area (Å²) in [6.45, 7) is 3.97. The molecule has 0 unspecified atom stereocenters. The standard InChI is InChI=1S/C32H43N3O5/c1-20(2)16-23(19-29(37)27-18-21-10-7-8-14-26(21)35(27)3)31(39)34-25(17-22-11-9-15-28(22)36)30(38)32(40)33-24-12-5-4-6-13-24/h7-8,10,14,18,20,22-25H,4-6,9,11-13,15-17,19H2,1-3H3,(H,33,40)(H,34,39)/t22-,23+,25-/m0/s1. The van der Waals surface area contributed by atoms with Crippen molar-refractivity contribution in [3.8, 4) is 0 Å². The Morgan fingerprint density at radius 3 is 2.38 bits per heavy atom. The summed E-state index contributed by atoms with van der Waals surface area (Å²) in [6.07, 6.45) is 7.25. The Morgan fingerprint density at radius 1 is 1.00 bits per heavy atom. The molecule has 0 spiro atoms. The largest absolute Gasteiger partial charge is 0.347 e. The van der Waals surface area contributed by atoms with Gasteiger partial charge in [-0.1, -0.05) is 51.3 Å². The van der Waals surface area contributed by atoms with Crippen LogP contribution in [0, 0.1) is 17.8 Å². The van der Waals surface area contributed by atoms with Crippen LogP contribution in [0.25, 0.3) is 10.9 Å². The van der Waals surface area contributed by atoms with Crippen LogP contribution >= 0.6 is 0 Å². The fraction of sp³-hybridized carbons (Fsp3) is 0.594. The average molecular weight is 550 g/mol. The molecule has 1 aromatic carbocycles. The summed E-state index contributed by atoms with van der Waals surface area (Å²) in [4.78, 5) is 65.8. The molecule has 3 atom stereocenters. The van der Waals surface area contributed by atoms with Crippen molar-refractivity contribution in [2.75, 3.05) is 0 Å². The molecule has 2 fully saturated rings. The maximum absolute atomic E-state index is 13.6. The summed E-state index contributed by atoms with van der Waals surface area (Å²) in [5, 5.41) is 6.64. The molecule has 2 aromatic rings. The topological polar surface area (TPSA) is 114 Å². The van der Waals surface area contributed by atoms with E-state index in [4.69, 9.17) is 0 Å². The maximum Gasteiger partial charge on any atom is 0.289 e. The second-order valence-corrected chi connectivity index (χ2v) is 12.1. The number of aromatic nitrogens is 1. The second-order valence-electron chi connectivity index (χ2n) is 12.1. The van der Waals surface area contributed by atoms with Gasteiger partial charge in [-0.2, -0.15) is 0 Å². The Labute approximate surface area is 236 Å². The number of nitrogens with one attached hydrogen (secondary N) is 2. The van der Waals surface area contributed by atoms with Gasteiger partial charge < -0.3 is 15.2 Å². The first-order chi connectivity index (χ1) is 19.1. The third-order valence-corrected chi connectivity index (χ3v) is 8.54. The normalized spacial score (nSPS) is 19.5. The lowest BCUT2D eigenvalue weighted by atomic mass is 9.89. The van der Waals surface area contributed by atoms with E-state index in [0.29, 0.717) is 25.0 Å². The van der Waals surface area contributed by atoms with Crippen molar-refractivity contribution in [3.05, 3.63) is 36.0 Å². The van der Waals surface area contributed by atoms with Crippen molar-refractivity contribution in [1.82, 2.24) is 15.2 Å². The van der Waals surface area contributed by atoms with E-state index in [0.717, 1.165) is 49.4 Å². The molecule has 2 aliphatic rings. The Morgan fingerprint density at radius 2 is 1.73 bits per heavy atom. The Hall–Kier alpha value is -3.29. The Bertz CT molecular complexity index is 1260. The van der Waals surface area contributed by atoms with Crippen LogP contribution in [0.4, 0.5) is 0 Å². The molecular weight excluding hydrogens is 506 g/mol. The monoisotopic (exact) mass is 549 g/mol. The fourth-order valence-corrected chi connectivity index (χ4v) is 6.34. The van der Waals surface area contributed by atoms with E-state index in [-0.39, 0.29) is 42.3 Å². The molecule has 1 heterocycles. The van der Waals surface area contributed by atoms with Crippen molar-refractivity contribution in [1.29, 1.82) is 0 Å². The molecule has 1 aromatic heterocycles. The lowest BCUT2D eigenvalue weighted by Crippen LogP contribution is -2.52. The van der Waals surface area contributed by atoms with Crippen LogP contribution in [-0.4, -0.2) is 45.8 Å². The highest BCUT2D eigenvalue weighted by atomic mass is 16.2. The van der Waals surface area contributed by atoms with Gasteiger partial charge in [0.2, 0.25) is 11.7 Å². The molecule has 2 amide bonds. The number of fused-ring (bicyclic) bond motifs is 1. The summed E-state index contributed by atoms with van der Waals surface area (Å²) in [6, 6.07) is 8.44. The highest BCUT2D eigenvalue weighted by Gasteiger charge is 2.36. The van der Waals surface area contributed by atoms with E-state index in [9.17, 15) is 24.0 Å². The third kappa shape index (κ3) is 7.26. The van der Waals surface area contributed by atoms with Crippen LogP contribution in [-0.2, 0) is 26.2 Å². The summed E-state index contributed by atoms with van der Waals surface area (Å²) in [7, 11) is 1.84. The highest BCUT2D eigenvalue weighted by Crippen LogP contribution is 2.27. The van der Waals surface area contributed by atoms with Crippen molar-refractivity contribution >= 4 is 40.1 Å². The first-order valence-corrected chi connectivity index (χ1v) is 14.9. The third-order valence-electron chi connectivity index (χ3n) is 8.54. The molecule has 8 nitrogen and oxygen atoms in total. The highest BCUT2D eigenvalue weighted by molar-refractivity contribution is 6.38. The smallest absolute Gasteiger partial charge is 0.289 e. The van der Waals surface area contributed by atoms with Crippen molar-refractivity contribution in [2.24, 2.45) is 24.8 Å². The van der Waals surface area contributed by atoms with Crippen LogP contribution < -0.4 is 10.6 Å². The molecule has 8 heteroatoms. The van der Waals surface area contributed by atoms with Gasteiger partial charge in [0.15, 0.2) is 5.78 Å².